The number of nitrogens with zero attached hydrogens (tertiary/aromatic N) is 4. The lowest BCUT2D eigenvalue weighted by atomic mass is 10.00. The molecule has 0 saturated carbocycles. The molecule has 7 nitrogen and oxygen atoms in total. The lowest BCUT2D eigenvalue weighted by Crippen LogP contribution is -2.44. The molecular weight excluding hydrogens is 691 g/mol. The highest BCUT2D eigenvalue weighted by atomic mass is 35.5. The van der Waals surface area contributed by atoms with Gasteiger partial charge in [0.05, 0.1) is 31.7 Å². The number of piperidine rings is 1. The Balaban J connectivity index is 0.00000225. The van der Waals surface area contributed by atoms with E-state index in [1.807, 2.05) is 50.5 Å². The SMILES string of the molecule is CCOc1ccc(-c2cc(CN3CCC(N(Cc4ccnc(-c5ccc(OCC)cc5)c4)c4ccc(OC)cc4)CC3)ccn2)cc1.Cl.Cl.Cl. The van der Waals surface area contributed by atoms with Crippen LogP contribution in [-0.2, 0) is 13.1 Å². The van der Waals surface area contributed by atoms with Crippen LogP contribution in [0.1, 0.15) is 37.8 Å². The van der Waals surface area contributed by atoms with Gasteiger partial charge in [0.15, 0.2) is 0 Å². The second-order valence-electron chi connectivity index (χ2n) is 11.8. The standard InChI is InChI=1S/C40H44N4O3.3ClH/c1-4-46-37-12-6-32(7-13-37)39-26-30(18-22-41-39)28-43-24-20-35(21-25-43)44(34-10-16-36(45-3)17-11-34)29-31-19-23-42-40(27-31)33-8-14-38(15-9-33)47-5-2;;;/h6-19,22-23,26-27,35H,4-5,20-21,24-25,28-29H2,1-3H3;3*1H. The molecule has 1 saturated heterocycles. The van der Waals surface area contributed by atoms with E-state index in [1.165, 1.54) is 16.8 Å². The first kappa shape index (κ1) is 40.4. The summed E-state index contributed by atoms with van der Waals surface area (Å²) in [7, 11) is 1.71. The molecule has 266 valence electrons. The molecule has 0 amide bonds. The fourth-order valence-electron chi connectivity index (χ4n) is 6.29. The Kier molecular flexibility index (Phi) is 16.2. The van der Waals surface area contributed by atoms with Crippen LogP contribution in [0.25, 0.3) is 22.5 Å². The van der Waals surface area contributed by atoms with Crippen molar-refractivity contribution in [2.75, 3.05) is 38.3 Å². The maximum Gasteiger partial charge on any atom is 0.119 e. The number of halogens is 3. The van der Waals surface area contributed by atoms with E-state index >= 15 is 0 Å². The van der Waals surface area contributed by atoms with Crippen LogP contribution in [-0.4, -0.2) is 54.3 Å². The summed E-state index contributed by atoms with van der Waals surface area (Å²) in [5, 5.41) is 0. The summed E-state index contributed by atoms with van der Waals surface area (Å²) in [6, 6.07) is 34.0. The lowest BCUT2D eigenvalue weighted by Gasteiger charge is -2.40. The second kappa shape index (κ2) is 20.0. The molecule has 0 bridgehead atoms. The minimum absolute atomic E-state index is 0. The van der Waals surface area contributed by atoms with Gasteiger partial charge in [-0.25, -0.2) is 0 Å². The van der Waals surface area contributed by atoms with E-state index in [-0.39, 0.29) is 37.2 Å². The molecule has 0 spiro atoms. The molecule has 0 N–H and O–H groups in total. The van der Waals surface area contributed by atoms with Crippen LogP contribution in [0.15, 0.2) is 109 Å². The number of benzene rings is 3. The largest absolute Gasteiger partial charge is 0.497 e. The fraction of sp³-hybridized carbons (Fsp3) is 0.300. The molecule has 3 heterocycles. The fourth-order valence-corrected chi connectivity index (χ4v) is 6.29. The number of aromatic nitrogens is 2. The van der Waals surface area contributed by atoms with E-state index in [4.69, 9.17) is 19.2 Å². The summed E-state index contributed by atoms with van der Waals surface area (Å²) >= 11 is 0. The van der Waals surface area contributed by atoms with Gasteiger partial charge in [-0.15, -0.1) is 37.2 Å². The van der Waals surface area contributed by atoms with Crippen LogP contribution in [0.5, 0.6) is 17.2 Å². The van der Waals surface area contributed by atoms with Crippen molar-refractivity contribution in [1.82, 2.24) is 14.9 Å². The van der Waals surface area contributed by atoms with Crippen LogP contribution in [0.3, 0.4) is 0 Å². The molecule has 0 aliphatic carbocycles. The molecule has 0 atom stereocenters. The quantitative estimate of drug-likeness (QED) is 0.119. The van der Waals surface area contributed by atoms with Gasteiger partial charge in [-0.3, -0.25) is 14.9 Å². The Morgan fingerprint density at radius 2 is 1.12 bits per heavy atom. The number of hydrogen-bond acceptors (Lipinski definition) is 7. The van der Waals surface area contributed by atoms with Crippen molar-refractivity contribution >= 4 is 42.9 Å². The van der Waals surface area contributed by atoms with Crippen molar-refractivity contribution in [3.63, 3.8) is 0 Å². The molecular formula is C40H47Cl3N4O3. The van der Waals surface area contributed by atoms with Gasteiger partial charge in [0.2, 0.25) is 0 Å². The molecule has 0 unspecified atom stereocenters. The maximum atomic E-state index is 5.63. The van der Waals surface area contributed by atoms with E-state index < -0.39 is 0 Å². The minimum atomic E-state index is 0. The van der Waals surface area contributed by atoms with E-state index in [9.17, 15) is 0 Å². The predicted octanol–water partition coefficient (Wildman–Crippen LogP) is 9.55. The van der Waals surface area contributed by atoms with Gasteiger partial charge in [0.25, 0.3) is 0 Å². The molecule has 1 aliphatic heterocycles. The summed E-state index contributed by atoms with van der Waals surface area (Å²) in [5.74, 6) is 2.63. The van der Waals surface area contributed by atoms with Crippen molar-refractivity contribution in [3.8, 4) is 39.8 Å². The minimum Gasteiger partial charge on any atom is -0.497 e. The predicted molar refractivity (Wildman–Crippen MR) is 211 cm³/mol. The smallest absolute Gasteiger partial charge is 0.119 e. The average molecular weight is 738 g/mol. The number of rotatable bonds is 13. The number of methoxy groups -OCH3 is 1. The molecule has 50 heavy (non-hydrogen) atoms. The third-order valence-electron chi connectivity index (χ3n) is 8.73. The van der Waals surface area contributed by atoms with Gasteiger partial charge in [0, 0.05) is 61.4 Å². The van der Waals surface area contributed by atoms with Crippen molar-refractivity contribution in [2.24, 2.45) is 0 Å². The monoisotopic (exact) mass is 736 g/mol. The van der Waals surface area contributed by atoms with Gasteiger partial charge in [0.1, 0.15) is 17.2 Å². The molecule has 5 aromatic rings. The summed E-state index contributed by atoms with van der Waals surface area (Å²) in [6.45, 7) is 9.10. The number of anilines is 1. The summed E-state index contributed by atoms with van der Waals surface area (Å²) < 4.78 is 16.7. The number of hydrogen-bond donors (Lipinski definition) is 0. The summed E-state index contributed by atoms with van der Waals surface area (Å²) in [4.78, 5) is 14.5. The highest BCUT2D eigenvalue weighted by Gasteiger charge is 2.26. The third kappa shape index (κ3) is 10.5. The van der Waals surface area contributed by atoms with Crippen molar-refractivity contribution in [3.05, 3.63) is 121 Å². The zero-order valence-electron chi connectivity index (χ0n) is 28.9. The normalized spacial score (nSPS) is 12.9. The Morgan fingerprint density at radius 3 is 1.62 bits per heavy atom. The van der Waals surface area contributed by atoms with Crippen LogP contribution in [0.2, 0.25) is 0 Å². The Bertz CT molecular complexity index is 1720. The zero-order valence-corrected chi connectivity index (χ0v) is 31.3. The van der Waals surface area contributed by atoms with Gasteiger partial charge >= 0.3 is 0 Å². The molecule has 3 aromatic carbocycles. The van der Waals surface area contributed by atoms with Crippen LogP contribution < -0.4 is 19.1 Å². The lowest BCUT2D eigenvalue weighted by molar-refractivity contribution is 0.201. The molecule has 1 fully saturated rings. The van der Waals surface area contributed by atoms with Crippen molar-refractivity contribution in [2.45, 2.75) is 45.8 Å². The van der Waals surface area contributed by atoms with Crippen LogP contribution in [0.4, 0.5) is 5.69 Å². The number of ether oxygens (including phenoxy) is 3. The van der Waals surface area contributed by atoms with Crippen LogP contribution >= 0.6 is 37.2 Å². The molecule has 6 rings (SSSR count). The summed E-state index contributed by atoms with van der Waals surface area (Å²) in [6.07, 6.45) is 6.02. The molecule has 10 heteroatoms. The molecule has 0 radical (unpaired) electrons. The van der Waals surface area contributed by atoms with E-state index in [0.29, 0.717) is 19.3 Å². The van der Waals surface area contributed by atoms with Gasteiger partial charge in [-0.05, 0) is 135 Å². The Labute approximate surface area is 315 Å². The Hall–Kier alpha value is -4.01. The summed E-state index contributed by atoms with van der Waals surface area (Å²) in [5.41, 5.74) is 7.88. The molecule has 1 aliphatic rings. The first-order valence-electron chi connectivity index (χ1n) is 16.6. The molecule has 2 aromatic heterocycles. The highest BCUT2D eigenvalue weighted by molar-refractivity contribution is 5.86. The van der Waals surface area contributed by atoms with E-state index in [0.717, 1.165) is 78.8 Å². The highest BCUT2D eigenvalue weighted by Crippen LogP contribution is 2.30. The second-order valence-corrected chi connectivity index (χ2v) is 11.8. The van der Waals surface area contributed by atoms with E-state index in [2.05, 4.69) is 87.6 Å². The van der Waals surface area contributed by atoms with E-state index in [1.54, 1.807) is 7.11 Å². The first-order valence-corrected chi connectivity index (χ1v) is 16.6. The zero-order chi connectivity index (χ0) is 32.4. The van der Waals surface area contributed by atoms with Crippen molar-refractivity contribution < 1.29 is 14.2 Å². The first-order chi connectivity index (χ1) is 23.1. The maximum absolute atomic E-state index is 5.63. The Morgan fingerprint density at radius 1 is 0.640 bits per heavy atom. The third-order valence-corrected chi connectivity index (χ3v) is 8.73. The van der Waals surface area contributed by atoms with Gasteiger partial charge in [-0.2, -0.15) is 0 Å². The van der Waals surface area contributed by atoms with Gasteiger partial charge < -0.3 is 19.1 Å². The van der Waals surface area contributed by atoms with Gasteiger partial charge in [-0.1, -0.05) is 0 Å². The topological polar surface area (TPSA) is 60.0 Å². The average Bonchev–Trinajstić information content (AvgIpc) is 3.12. The number of pyridine rings is 2. The van der Waals surface area contributed by atoms with Crippen LogP contribution in [0, 0.1) is 0 Å². The number of likely N-dealkylation sites (tertiary alicyclic amines) is 1. The van der Waals surface area contributed by atoms with Crippen molar-refractivity contribution in [1.29, 1.82) is 0 Å².